The first-order chi connectivity index (χ1) is 13.7. The molecule has 0 bridgehead atoms. The molecule has 3 heterocycles. The zero-order valence-corrected chi connectivity index (χ0v) is 15.9. The smallest absolute Gasteiger partial charge is 0.269 e. The van der Waals surface area contributed by atoms with Crippen LogP contribution in [-0.2, 0) is 6.54 Å². The summed E-state index contributed by atoms with van der Waals surface area (Å²) in [6.45, 7) is 0.663. The Morgan fingerprint density at radius 2 is 2.04 bits per heavy atom. The zero-order valence-electron chi connectivity index (χ0n) is 15.0. The minimum Gasteiger partial charge on any atom is -0.457 e. The highest BCUT2D eigenvalue weighted by atomic mass is 32.1. The fourth-order valence-corrected chi connectivity index (χ4v) is 3.48. The van der Waals surface area contributed by atoms with Crippen LogP contribution in [0.15, 0.2) is 61.1 Å². The lowest BCUT2D eigenvalue weighted by Gasteiger charge is -2.06. The molecule has 0 aliphatic heterocycles. The molecule has 3 aromatic heterocycles. The lowest BCUT2D eigenvalue weighted by atomic mass is 10.3. The van der Waals surface area contributed by atoms with E-state index in [-0.39, 0.29) is 5.91 Å². The third-order valence-corrected chi connectivity index (χ3v) is 4.93. The Balaban J connectivity index is 1.49. The van der Waals surface area contributed by atoms with E-state index in [2.05, 4.69) is 25.6 Å². The minimum absolute atomic E-state index is 0.257. The van der Waals surface area contributed by atoms with Crippen molar-refractivity contribution in [1.29, 1.82) is 0 Å². The first-order valence-electron chi connectivity index (χ1n) is 8.60. The molecule has 0 saturated heterocycles. The average Bonchev–Trinajstić information content (AvgIpc) is 3.15. The summed E-state index contributed by atoms with van der Waals surface area (Å²) < 4.78 is 6.90. The van der Waals surface area contributed by atoms with Crippen molar-refractivity contribution in [3.8, 4) is 11.5 Å². The molecule has 0 saturated carbocycles. The van der Waals surface area contributed by atoms with Crippen LogP contribution in [0, 0.1) is 0 Å². The second kappa shape index (κ2) is 8.01. The molecule has 7 nitrogen and oxygen atoms in total. The van der Waals surface area contributed by atoms with E-state index < -0.39 is 0 Å². The van der Waals surface area contributed by atoms with Gasteiger partial charge in [0.25, 0.3) is 5.91 Å². The van der Waals surface area contributed by atoms with Gasteiger partial charge in [-0.3, -0.25) is 14.8 Å². The number of hydrogen-bond acceptors (Lipinski definition) is 7. The van der Waals surface area contributed by atoms with Gasteiger partial charge >= 0.3 is 0 Å². The normalized spacial score (nSPS) is 10.6. The van der Waals surface area contributed by atoms with Crippen molar-refractivity contribution in [3.63, 3.8) is 0 Å². The van der Waals surface area contributed by atoms with Crippen LogP contribution < -0.4 is 15.4 Å². The average molecular weight is 391 g/mol. The maximum Gasteiger partial charge on any atom is 0.269 e. The Hall–Kier alpha value is -3.52. The highest BCUT2D eigenvalue weighted by molar-refractivity contribution is 7.22. The number of nitrogens with zero attached hydrogens (tertiary/aromatic N) is 3. The molecular weight excluding hydrogens is 374 g/mol. The summed E-state index contributed by atoms with van der Waals surface area (Å²) in [4.78, 5) is 24.5. The Morgan fingerprint density at radius 3 is 2.86 bits per heavy atom. The van der Waals surface area contributed by atoms with E-state index in [0.717, 1.165) is 20.9 Å². The van der Waals surface area contributed by atoms with Crippen molar-refractivity contribution in [1.82, 2.24) is 20.3 Å². The van der Waals surface area contributed by atoms with Gasteiger partial charge in [-0.2, -0.15) is 0 Å². The number of thiazole rings is 1. The second-order valence-corrected chi connectivity index (χ2v) is 6.95. The Bertz CT molecular complexity index is 1110. The standard InChI is InChI=1S/C20H17N5O2S/c1-21-19(26)17-9-15(6-8-23-17)27-14-4-5-16-18(10-14)28-20(25-16)24-12-13-3-2-7-22-11-13/h2-11H,12H2,1H3,(H,21,26)(H,24,25). The number of pyridine rings is 2. The van der Waals surface area contributed by atoms with Crippen LogP contribution >= 0.6 is 11.3 Å². The Labute approximate surface area is 165 Å². The second-order valence-electron chi connectivity index (χ2n) is 5.92. The van der Waals surface area contributed by atoms with Crippen molar-refractivity contribution in [2.45, 2.75) is 6.54 Å². The van der Waals surface area contributed by atoms with E-state index in [0.29, 0.717) is 23.7 Å². The highest BCUT2D eigenvalue weighted by Gasteiger charge is 2.09. The zero-order chi connectivity index (χ0) is 19.3. The van der Waals surface area contributed by atoms with Crippen LogP contribution in [0.1, 0.15) is 16.1 Å². The molecule has 0 spiro atoms. The molecule has 0 aliphatic rings. The van der Waals surface area contributed by atoms with E-state index >= 15 is 0 Å². The topological polar surface area (TPSA) is 89.0 Å². The number of amides is 1. The molecule has 4 rings (SSSR count). The number of carbonyl (C=O) groups is 1. The molecular formula is C20H17N5O2S. The molecule has 1 amide bonds. The largest absolute Gasteiger partial charge is 0.457 e. The minimum atomic E-state index is -0.257. The number of carbonyl (C=O) groups excluding carboxylic acids is 1. The van der Waals surface area contributed by atoms with Gasteiger partial charge < -0.3 is 15.4 Å². The van der Waals surface area contributed by atoms with Gasteiger partial charge in [-0.25, -0.2) is 4.98 Å². The van der Waals surface area contributed by atoms with E-state index in [1.54, 1.807) is 42.9 Å². The lowest BCUT2D eigenvalue weighted by molar-refractivity contribution is 0.0958. The number of hydrogen-bond donors (Lipinski definition) is 2. The van der Waals surface area contributed by atoms with Crippen molar-refractivity contribution < 1.29 is 9.53 Å². The van der Waals surface area contributed by atoms with Gasteiger partial charge in [0.05, 0.1) is 10.2 Å². The van der Waals surface area contributed by atoms with Crippen LogP contribution in [0.3, 0.4) is 0 Å². The molecule has 0 radical (unpaired) electrons. The molecule has 0 unspecified atom stereocenters. The van der Waals surface area contributed by atoms with E-state index in [1.165, 1.54) is 0 Å². The molecule has 0 atom stereocenters. The molecule has 8 heteroatoms. The third kappa shape index (κ3) is 4.07. The quantitative estimate of drug-likeness (QED) is 0.519. The van der Waals surface area contributed by atoms with E-state index in [9.17, 15) is 4.79 Å². The fourth-order valence-electron chi connectivity index (χ4n) is 2.59. The molecule has 0 aliphatic carbocycles. The summed E-state index contributed by atoms with van der Waals surface area (Å²) in [6.07, 6.45) is 5.13. The van der Waals surface area contributed by atoms with Crippen LogP contribution in [0.2, 0.25) is 0 Å². The number of anilines is 1. The monoisotopic (exact) mass is 391 g/mol. The van der Waals surface area contributed by atoms with Crippen LogP contribution in [0.4, 0.5) is 5.13 Å². The van der Waals surface area contributed by atoms with E-state index in [1.807, 2.05) is 36.5 Å². The SMILES string of the molecule is CNC(=O)c1cc(Oc2ccc3nc(NCc4cccnc4)sc3c2)ccn1. The summed E-state index contributed by atoms with van der Waals surface area (Å²) in [5.74, 6) is 0.962. The summed E-state index contributed by atoms with van der Waals surface area (Å²) in [7, 11) is 1.56. The predicted octanol–water partition coefficient (Wildman–Crippen LogP) is 3.85. The summed E-state index contributed by atoms with van der Waals surface area (Å²) >= 11 is 1.55. The number of nitrogens with one attached hydrogen (secondary N) is 2. The maximum atomic E-state index is 11.7. The van der Waals surface area contributed by atoms with Gasteiger partial charge in [-0.1, -0.05) is 17.4 Å². The van der Waals surface area contributed by atoms with Crippen LogP contribution in [0.5, 0.6) is 11.5 Å². The van der Waals surface area contributed by atoms with Gasteiger partial charge in [-0.15, -0.1) is 0 Å². The van der Waals surface area contributed by atoms with Crippen molar-refractivity contribution >= 4 is 32.6 Å². The number of ether oxygens (including phenoxy) is 1. The number of aromatic nitrogens is 3. The van der Waals surface area contributed by atoms with Crippen molar-refractivity contribution in [3.05, 3.63) is 72.3 Å². The van der Waals surface area contributed by atoms with Crippen molar-refractivity contribution in [2.24, 2.45) is 0 Å². The van der Waals surface area contributed by atoms with Gasteiger partial charge in [0.1, 0.15) is 17.2 Å². The van der Waals surface area contributed by atoms with Gasteiger partial charge in [0.15, 0.2) is 5.13 Å². The lowest BCUT2D eigenvalue weighted by Crippen LogP contribution is -2.18. The molecule has 140 valence electrons. The molecule has 28 heavy (non-hydrogen) atoms. The van der Waals surface area contributed by atoms with Gasteiger partial charge in [-0.05, 0) is 29.8 Å². The molecule has 2 N–H and O–H groups in total. The predicted molar refractivity (Wildman–Crippen MR) is 109 cm³/mol. The maximum absolute atomic E-state index is 11.7. The summed E-state index contributed by atoms with van der Waals surface area (Å²) in [5.41, 5.74) is 2.29. The first kappa shape index (κ1) is 17.9. The summed E-state index contributed by atoms with van der Waals surface area (Å²) in [5, 5.41) is 6.70. The van der Waals surface area contributed by atoms with E-state index in [4.69, 9.17) is 4.74 Å². The number of benzene rings is 1. The van der Waals surface area contributed by atoms with Gasteiger partial charge in [0, 0.05) is 44.3 Å². The first-order valence-corrected chi connectivity index (χ1v) is 9.42. The van der Waals surface area contributed by atoms with Crippen LogP contribution in [0.25, 0.3) is 10.2 Å². The molecule has 0 fully saturated rings. The highest BCUT2D eigenvalue weighted by Crippen LogP contribution is 2.31. The number of rotatable bonds is 6. The van der Waals surface area contributed by atoms with Crippen LogP contribution in [-0.4, -0.2) is 27.9 Å². The van der Waals surface area contributed by atoms with Crippen molar-refractivity contribution in [2.75, 3.05) is 12.4 Å². The number of fused-ring (bicyclic) bond motifs is 1. The fraction of sp³-hybridized carbons (Fsp3) is 0.100. The Kier molecular flexibility index (Phi) is 5.11. The summed E-state index contributed by atoms with van der Waals surface area (Å²) in [6, 6.07) is 12.9. The molecule has 4 aromatic rings. The Morgan fingerprint density at radius 1 is 1.14 bits per heavy atom. The molecule has 1 aromatic carbocycles. The van der Waals surface area contributed by atoms with Gasteiger partial charge in [0.2, 0.25) is 0 Å². The third-order valence-electron chi connectivity index (χ3n) is 3.95.